The first-order valence-electron chi connectivity index (χ1n) is 9.34. The van der Waals surface area contributed by atoms with Crippen LogP contribution >= 0.6 is 0 Å². The molecule has 0 spiro atoms. The van der Waals surface area contributed by atoms with Crippen molar-refractivity contribution in [3.05, 3.63) is 41.5 Å². The fourth-order valence-electron chi connectivity index (χ4n) is 3.34. The molecule has 1 unspecified atom stereocenters. The average Bonchev–Trinajstić information content (AvgIpc) is 2.97. The normalized spacial score (nSPS) is 17.6. The van der Waals surface area contributed by atoms with Gasteiger partial charge < -0.3 is 14.4 Å². The SMILES string of the molecule is Cc1nnc2n1CC(C(=O)O)N(CCCOc1cccc(C(C)(C)C)c1)C2. The molecule has 0 saturated heterocycles. The Kier molecular flexibility index (Phi) is 5.51. The molecule has 1 aromatic heterocycles. The van der Waals surface area contributed by atoms with Crippen molar-refractivity contribution in [1.82, 2.24) is 19.7 Å². The number of rotatable bonds is 6. The zero-order valence-electron chi connectivity index (χ0n) is 16.5. The Balaban J connectivity index is 1.56. The number of hydrogen-bond acceptors (Lipinski definition) is 5. The maximum absolute atomic E-state index is 11.7. The van der Waals surface area contributed by atoms with Crippen molar-refractivity contribution in [1.29, 1.82) is 0 Å². The van der Waals surface area contributed by atoms with Crippen LogP contribution in [0.5, 0.6) is 5.75 Å². The van der Waals surface area contributed by atoms with E-state index in [4.69, 9.17) is 4.74 Å². The average molecular weight is 372 g/mol. The molecule has 0 aliphatic carbocycles. The van der Waals surface area contributed by atoms with Gasteiger partial charge in [-0.3, -0.25) is 9.69 Å². The Morgan fingerprint density at radius 2 is 2.11 bits per heavy atom. The van der Waals surface area contributed by atoms with Crippen molar-refractivity contribution in [3.8, 4) is 5.75 Å². The number of fused-ring (bicyclic) bond motifs is 1. The number of benzene rings is 1. The van der Waals surface area contributed by atoms with E-state index >= 15 is 0 Å². The zero-order chi connectivity index (χ0) is 19.6. The highest BCUT2D eigenvalue weighted by Crippen LogP contribution is 2.25. The van der Waals surface area contributed by atoms with Crippen LogP contribution in [0.2, 0.25) is 0 Å². The monoisotopic (exact) mass is 372 g/mol. The quantitative estimate of drug-likeness (QED) is 0.785. The van der Waals surface area contributed by atoms with Gasteiger partial charge in [-0.1, -0.05) is 32.9 Å². The molecule has 1 aliphatic rings. The van der Waals surface area contributed by atoms with Gasteiger partial charge in [-0.05, 0) is 36.5 Å². The summed E-state index contributed by atoms with van der Waals surface area (Å²) in [6.07, 6.45) is 0.747. The zero-order valence-corrected chi connectivity index (χ0v) is 16.5. The Morgan fingerprint density at radius 3 is 2.81 bits per heavy atom. The molecule has 0 amide bonds. The molecule has 1 aromatic carbocycles. The van der Waals surface area contributed by atoms with Crippen molar-refractivity contribution >= 4 is 5.97 Å². The number of aliphatic carboxylic acids is 1. The fourth-order valence-corrected chi connectivity index (χ4v) is 3.34. The summed E-state index contributed by atoms with van der Waals surface area (Å²) in [7, 11) is 0. The number of hydrogen-bond donors (Lipinski definition) is 1. The molecule has 7 heteroatoms. The van der Waals surface area contributed by atoms with E-state index in [0.717, 1.165) is 23.8 Å². The van der Waals surface area contributed by atoms with Crippen molar-refractivity contribution in [3.63, 3.8) is 0 Å². The summed E-state index contributed by atoms with van der Waals surface area (Å²) in [5.74, 6) is 1.63. The highest BCUT2D eigenvalue weighted by molar-refractivity contribution is 5.73. The van der Waals surface area contributed by atoms with Gasteiger partial charge in [0.1, 0.15) is 23.4 Å². The van der Waals surface area contributed by atoms with Crippen LogP contribution in [-0.4, -0.2) is 49.9 Å². The van der Waals surface area contributed by atoms with E-state index in [1.807, 2.05) is 28.5 Å². The molecule has 0 saturated carbocycles. The predicted octanol–water partition coefficient (Wildman–Crippen LogP) is 2.62. The summed E-state index contributed by atoms with van der Waals surface area (Å²) >= 11 is 0. The highest BCUT2D eigenvalue weighted by Gasteiger charge is 2.32. The van der Waals surface area contributed by atoms with Gasteiger partial charge in [-0.15, -0.1) is 10.2 Å². The summed E-state index contributed by atoms with van der Waals surface area (Å²) in [4.78, 5) is 13.6. The first-order valence-corrected chi connectivity index (χ1v) is 9.34. The molecule has 7 nitrogen and oxygen atoms in total. The lowest BCUT2D eigenvalue weighted by molar-refractivity contribution is -0.145. The lowest BCUT2D eigenvalue weighted by Gasteiger charge is -2.33. The van der Waals surface area contributed by atoms with E-state index in [9.17, 15) is 9.90 Å². The Hall–Kier alpha value is -2.41. The molecule has 0 fully saturated rings. The van der Waals surface area contributed by atoms with Crippen LogP contribution in [0.1, 0.15) is 44.4 Å². The summed E-state index contributed by atoms with van der Waals surface area (Å²) in [5.41, 5.74) is 1.31. The largest absolute Gasteiger partial charge is 0.494 e. The van der Waals surface area contributed by atoms with Crippen LogP contribution in [0, 0.1) is 6.92 Å². The Morgan fingerprint density at radius 1 is 1.33 bits per heavy atom. The second kappa shape index (κ2) is 7.68. The topological polar surface area (TPSA) is 80.5 Å². The first kappa shape index (κ1) is 19.4. The standard InChI is InChI=1S/C20H28N4O3/c1-14-21-22-18-13-23(17(19(25)26)12-24(14)18)9-6-10-27-16-8-5-7-15(11-16)20(2,3)4/h5,7-8,11,17H,6,9-10,12-13H2,1-4H3,(H,25,26). The van der Waals surface area contributed by atoms with E-state index in [-0.39, 0.29) is 5.41 Å². The molecule has 3 rings (SSSR count). The second-order valence-corrected chi connectivity index (χ2v) is 8.08. The number of carboxylic acid groups (broad SMARTS) is 1. The van der Waals surface area contributed by atoms with Crippen molar-refractivity contribution in [2.24, 2.45) is 0 Å². The van der Waals surface area contributed by atoms with Crippen molar-refractivity contribution in [2.45, 2.75) is 58.7 Å². The van der Waals surface area contributed by atoms with E-state index in [0.29, 0.717) is 26.2 Å². The third kappa shape index (κ3) is 4.47. The van der Waals surface area contributed by atoms with Crippen LogP contribution in [0.25, 0.3) is 0 Å². The summed E-state index contributed by atoms with van der Waals surface area (Å²) in [5, 5.41) is 17.8. The number of ether oxygens (including phenoxy) is 1. The maximum Gasteiger partial charge on any atom is 0.322 e. The van der Waals surface area contributed by atoms with Crippen LogP contribution in [0.4, 0.5) is 0 Å². The van der Waals surface area contributed by atoms with E-state index < -0.39 is 12.0 Å². The number of carboxylic acids is 1. The van der Waals surface area contributed by atoms with E-state index in [1.165, 1.54) is 5.56 Å². The van der Waals surface area contributed by atoms with Gasteiger partial charge in [0.25, 0.3) is 0 Å². The molecule has 146 valence electrons. The first-order chi connectivity index (χ1) is 12.8. The molecular weight excluding hydrogens is 344 g/mol. The van der Waals surface area contributed by atoms with Crippen LogP contribution in [-0.2, 0) is 23.3 Å². The number of carbonyl (C=O) groups is 1. The second-order valence-electron chi connectivity index (χ2n) is 8.08. The maximum atomic E-state index is 11.7. The summed E-state index contributed by atoms with van der Waals surface area (Å²) < 4.78 is 7.79. The van der Waals surface area contributed by atoms with Crippen LogP contribution in [0.15, 0.2) is 24.3 Å². The Labute approximate surface area is 160 Å². The van der Waals surface area contributed by atoms with Gasteiger partial charge in [-0.2, -0.15) is 0 Å². The minimum atomic E-state index is -0.812. The van der Waals surface area contributed by atoms with E-state index in [1.54, 1.807) is 0 Å². The van der Waals surface area contributed by atoms with E-state index in [2.05, 4.69) is 43.1 Å². The lowest BCUT2D eigenvalue weighted by atomic mass is 9.87. The predicted molar refractivity (Wildman–Crippen MR) is 102 cm³/mol. The van der Waals surface area contributed by atoms with Gasteiger partial charge in [0.2, 0.25) is 0 Å². The molecule has 0 radical (unpaired) electrons. The molecular formula is C20H28N4O3. The molecule has 1 aliphatic heterocycles. The molecule has 0 bridgehead atoms. The third-order valence-electron chi connectivity index (χ3n) is 5.00. The molecule has 2 aromatic rings. The molecule has 1 N–H and O–H groups in total. The van der Waals surface area contributed by atoms with Crippen molar-refractivity contribution < 1.29 is 14.6 Å². The fraction of sp³-hybridized carbons (Fsp3) is 0.550. The summed E-state index contributed by atoms with van der Waals surface area (Å²) in [6, 6.07) is 7.59. The van der Waals surface area contributed by atoms with Gasteiger partial charge in [-0.25, -0.2) is 0 Å². The number of nitrogens with zero attached hydrogens (tertiary/aromatic N) is 4. The summed E-state index contributed by atoms with van der Waals surface area (Å²) in [6.45, 7) is 10.4. The molecule has 2 heterocycles. The van der Waals surface area contributed by atoms with Gasteiger partial charge in [0.15, 0.2) is 0 Å². The Bertz CT molecular complexity index is 810. The van der Waals surface area contributed by atoms with Gasteiger partial charge >= 0.3 is 5.97 Å². The molecule has 27 heavy (non-hydrogen) atoms. The third-order valence-corrected chi connectivity index (χ3v) is 5.00. The highest BCUT2D eigenvalue weighted by atomic mass is 16.5. The minimum Gasteiger partial charge on any atom is -0.494 e. The molecule has 1 atom stereocenters. The van der Waals surface area contributed by atoms with Crippen LogP contribution < -0.4 is 4.74 Å². The van der Waals surface area contributed by atoms with Gasteiger partial charge in [0, 0.05) is 6.54 Å². The number of aryl methyl sites for hydroxylation is 1. The number of aromatic nitrogens is 3. The van der Waals surface area contributed by atoms with Crippen LogP contribution in [0.3, 0.4) is 0 Å². The smallest absolute Gasteiger partial charge is 0.322 e. The minimum absolute atomic E-state index is 0.0793. The van der Waals surface area contributed by atoms with Crippen molar-refractivity contribution in [2.75, 3.05) is 13.2 Å². The lowest BCUT2D eigenvalue weighted by Crippen LogP contribution is -2.48. The van der Waals surface area contributed by atoms with Gasteiger partial charge in [0.05, 0.1) is 19.7 Å².